The third-order valence-electron chi connectivity index (χ3n) is 4.28. The molecule has 27 heavy (non-hydrogen) atoms. The Balaban J connectivity index is 1.45. The Hall–Kier alpha value is -3.62. The van der Waals surface area contributed by atoms with Crippen LogP contribution < -0.4 is 10.2 Å². The first kappa shape index (κ1) is 16.8. The summed E-state index contributed by atoms with van der Waals surface area (Å²) in [5.41, 5.74) is 0.569. The molecule has 0 saturated carbocycles. The van der Waals surface area contributed by atoms with Crippen molar-refractivity contribution < 1.29 is 14.0 Å². The van der Waals surface area contributed by atoms with Crippen LogP contribution in [0.15, 0.2) is 55.1 Å². The summed E-state index contributed by atoms with van der Waals surface area (Å²) >= 11 is 0. The summed E-state index contributed by atoms with van der Waals surface area (Å²) in [7, 11) is 0. The summed E-state index contributed by atoms with van der Waals surface area (Å²) in [4.78, 5) is 34.4. The van der Waals surface area contributed by atoms with Gasteiger partial charge in [-0.3, -0.25) is 9.59 Å². The molecule has 4 rings (SSSR count). The molecule has 8 nitrogen and oxygen atoms in total. The molecule has 136 valence electrons. The zero-order valence-electron chi connectivity index (χ0n) is 14.1. The first-order valence-corrected chi connectivity index (χ1v) is 8.29. The second-order valence-corrected chi connectivity index (χ2v) is 6.08. The van der Waals surface area contributed by atoms with Crippen molar-refractivity contribution in [3.05, 3.63) is 60.9 Å². The van der Waals surface area contributed by atoms with Gasteiger partial charge in [-0.2, -0.15) is 5.10 Å². The summed E-state index contributed by atoms with van der Waals surface area (Å²) in [6.07, 6.45) is 4.76. The van der Waals surface area contributed by atoms with Crippen molar-refractivity contribution >= 4 is 23.3 Å². The largest absolute Gasteiger partial charge is 0.312 e. The number of nitrogens with zero attached hydrogens (tertiary/aromatic N) is 5. The van der Waals surface area contributed by atoms with Crippen LogP contribution in [0.25, 0.3) is 5.82 Å². The van der Waals surface area contributed by atoms with Gasteiger partial charge in [-0.05, 0) is 30.3 Å². The van der Waals surface area contributed by atoms with Gasteiger partial charge in [0, 0.05) is 37.1 Å². The standard InChI is InChI=1S/C18H15FN6O2/c19-13-2-4-14(5-3-13)24-10-12(8-17(24)26)18(27)23-15-9-16(21-11-20-15)25-7-1-6-22-25/h1-7,9,11-12H,8,10H2,(H,20,21,23,27). The summed E-state index contributed by atoms with van der Waals surface area (Å²) in [6.45, 7) is 0.230. The highest BCUT2D eigenvalue weighted by Crippen LogP contribution is 2.26. The van der Waals surface area contributed by atoms with E-state index in [0.717, 1.165) is 0 Å². The van der Waals surface area contributed by atoms with Gasteiger partial charge in [-0.25, -0.2) is 19.0 Å². The average Bonchev–Trinajstić information content (AvgIpc) is 3.33. The second kappa shape index (κ2) is 6.94. The van der Waals surface area contributed by atoms with E-state index in [1.165, 1.54) is 35.5 Å². The molecule has 1 aromatic carbocycles. The molecule has 1 atom stereocenters. The Labute approximate surface area is 153 Å². The predicted molar refractivity (Wildman–Crippen MR) is 94.6 cm³/mol. The van der Waals surface area contributed by atoms with Gasteiger partial charge >= 0.3 is 0 Å². The molecule has 0 bridgehead atoms. The number of carbonyl (C=O) groups excluding carboxylic acids is 2. The van der Waals surface area contributed by atoms with Crippen molar-refractivity contribution in [2.24, 2.45) is 5.92 Å². The molecule has 1 unspecified atom stereocenters. The van der Waals surface area contributed by atoms with E-state index in [0.29, 0.717) is 17.3 Å². The van der Waals surface area contributed by atoms with Crippen LogP contribution in [-0.4, -0.2) is 38.1 Å². The number of amides is 2. The van der Waals surface area contributed by atoms with Gasteiger partial charge in [0.1, 0.15) is 18.0 Å². The zero-order chi connectivity index (χ0) is 18.8. The highest BCUT2D eigenvalue weighted by molar-refractivity contribution is 6.03. The van der Waals surface area contributed by atoms with Crippen molar-refractivity contribution in [3.63, 3.8) is 0 Å². The molecule has 1 fully saturated rings. The van der Waals surface area contributed by atoms with E-state index in [-0.39, 0.29) is 30.6 Å². The van der Waals surface area contributed by atoms with Crippen molar-refractivity contribution in [1.82, 2.24) is 19.7 Å². The fourth-order valence-corrected chi connectivity index (χ4v) is 2.93. The number of aromatic nitrogens is 4. The lowest BCUT2D eigenvalue weighted by molar-refractivity contribution is -0.122. The lowest BCUT2D eigenvalue weighted by Gasteiger charge is -2.16. The Morgan fingerprint density at radius 1 is 1.22 bits per heavy atom. The molecule has 0 aliphatic carbocycles. The van der Waals surface area contributed by atoms with E-state index in [4.69, 9.17) is 0 Å². The molecular weight excluding hydrogens is 351 g/mol. The number of nitrogens with one attached hydrogen (secondary N) is 1. The molecule has 1 aliphatic rings. The van der Waals surface area contributed by atoms with Crippen molar-refractivity contribution in [2.75, 3.05) is 16.8 Å². The number of carbonyl (C=O) groups is 2. The monoisotopic (exact) mass is 366 g/mol. The van der Waals surface area contributed by atoms with E-state index >= 15 is 0 Å². The number of hydrogen-bond acceptors (Lipinski definition) is 5. The Morgan fingerprint density at radius 2 is 2.04 bits per heavy atom. The second-order valence-electron chi connectivity index (χ2n) is 6.08. The molecule has 1 N–H and O–H groups in total. The van der Waals surface area contributed by atoms with Crippen molar-refractivity contribution in [3.8, 4) is 5.82 Å². The summed E-state index contributed by atoms with van der Waals surface area (Å²) in [6, 6.07) is 8.97. The molecule has 1 aliphatic heterocycles. The number of halogens is 1. The molecule has 0 spiro atoms. The van der Waals surface area contributed by atoms with E-state index in [2.05, 4.69) is 20.4 Å². The molecule has 3 aromatic rings. The maximum absolute atomic E-state index is 13.1. The highest BCUT2D eigenvalue weighted by Gasteiger charge is 2.35. The van der Waals surface area contributed by atoms with Crippen LogP contribution in [0.4, 0.5) is 15.9 Å². The van der Waals surface area contributed by atoms with Gasteiger partial charge in [0.05, 0.1) is 5.92 Å². The quantitative estimate of drug-likeness (QED) is 0.760. The van der Waals surface area contributed by atoms with Gasteiger partial charge in [0.25, 0.3) is 0 Å². The van der Waals surface area contributed by atoms with Gasteiger partial charge in [-0.1, -0.05) is 0 Å². The minimum absolute atomic E-state index is 0.0836. The molecular formula is C18H15FN6O2. The third kappa shape index (κ3) is 3.52. The van der Waals surface area contributed by atoms with Crippen LogP contribution in [0.1, 0.15) is 6.42 Å². The molecule has 9 heteroatoms. The van der Waals surface area contributed by atoms with Gasteiger partial charge in [-0.15, -0.1) is 0 Å². The molecule has 1 saturated heterocycles. The van der Waals surface area contributed by atoms with Crippen LogP contribution >= 0.6 is 0 Å². The molecule has 3 heterocycles. The third-order valence-corrected chi connectivity index (χ3v) is 4.28. The van der Waals surface area contributed by atoms with Crippen LogP contribution in [0.3, 0.4) is 0 Å². The van der Waals surface area contributed by atoms with Crippen LogP contribution in [0.2, 0.25) is 0 Å². The SMILES string of the molecule is O=C(Nc1cc(-n2cccn2)ncn1)C1CC(=O)N(c2ccc(F)cc2)C1. The molecule has 2 amide bonds. The average molecular weight is 366 g/mol. The minimum atomic E-state index is -0.523. The van der Waals surface area contributed by atoms with Gasteiger partial charge in [0.2, 0.25) is 11.8 Å². The highest BCUT2D eigenvalue weighted by atomic mass is 19.1. The molecule has 2 aromatic heterocycles. The summed E-state index contributed by atoms with van der Waals surface area (Å²) < 4.78 is 14.6. The first-order chi connectivity index (χ1) is 13.1. The van der Waals surface area contributed by atoms with Crippen LogP contribution in [0.5, 0.6) is 0 Å². The van der Waals surface area contributed by atoms with E-state index < -0.39 is 5.92 Å². The number of anilines is 2. The predicted octanol–water partition coefficient (Wildman–Crippen LogP) is 1.79. The van der Waals surface area contributed by atoms with Crippen molar-refractivity contribution in [1.29, 1.82) is 0 Å². The number of hydrogen-bond donors (Lipinski definition) is 1. The fourth-order valence-electron chi connectivity index (χ4n) is 2.93. The summed E-state index contributed by atoms with van der Waals surface area (Å²) in [5, 5.41) is 6.80. The zero-order valence-corrected chi connectivity index (χ0v) is 14.1. The molecule has 0 radical (unpaired) electrons. The Bertz CT molecular complexity index is 974. The maximum atomic E-state index is 13.1. The summed E-state index contributed by atoms with van der Waals surface area (Å²) in [5.74, 6) is -0.546. The van der Waals surface area contributed by atoms with Gasteiger partial charge in [0.15, 0.2) is 5.82 Å². The van der Waals surface area contributed by atoms with E-state index in [1.54, 1.807) is 29.2 Å². The van der Waals surface area contributed by atoms with Crippen LogP contribution in [0, 0.1) is 11.7 Å². The number of benzene rings is 1. The first-order valence-electron chi connectivity index (χ1n) is 8.29. The normalized spacial score (nSPS) is 16.6. The number of rotatable bonds is 4. The van der Waals surface area contributed by atoms with E-state index in [9.17, 15) is 14.0 Å². The maximum Gasteiger partial charge on any atom is 0.230 e. The lowest BCUT2D eigenvalue weighted by atomic mass is 10.1. The van der Waals surface area contributed by atoms with Crippen LogP contribution in [-0.2, 0) is 9.59 Å². The topological polar surface area (TPSA) is 93.0 Å². The van der Waals surface area contributed by atoms with E-state index in [1.807, 2.05) is 0 Å². The van der Waals surface area contributed by atoms with Crippen molar-refractivity contribution in [2.45, 2.75) is 6.42 Å². The van der Waals surface area contributed by atoms with Gasteiger partial charge < -0.3 is 10.2 Å². The smallest absolute Gasteiger partial charge is 0.230 e. The lowest BCUT2D eigenvalue weighted by Crippen LogP contribution is -2.28. The Kier molecular flexibility index (Phi) is 4.33. The fraction of sp³-hybridized carbons (Fsp3) is 0.167. The minimum Gasteiger partial charge on any atom is -0.312 e. The Morgan fingerprint density at radius 3 is 2.78 bits per heavy atom.